The highest BCUT2D eigenvalue weighted by Gasteiger charge is 2.19. The summed E-state index contributed by atoms with van der Waals surface area (Å²) in [6.07, 6.45) is 3.59. The number of para-hydroxylation sites is 1. The van der Waals surface area contributed by atoms with Crippen LogP contribution in [-0.4, -0.2) is 32.6 Å². The van der Waals surface area contributed by atoms with E-state index < -0.39 is 0 Å². The van der Waals surface area contributed by atoms with Crippen molar-refractivity contribution in [1.29, 1.82) is 0 Å². The summed E-state index contributed by atoms with van der Waals surface area (Å²) in [5, 5.41) is 0. The van der Waals surface area contributed by atoms with Crippen molar-refractivity contribution in [2.45, 2.75) is 25.9 Å². The molecule has 0 aliphatic heterocycles. The van der Waals surface area contributed by atoms with Gasteiger partial charge in [0.15, 0.2) is 0 Å². The van der Waals surface area contributed by atoms with Gasteiger partial charge in [-0.05, 0) is 79.7 Å². The van der Waals surface area contributed by atoms with E-state index in [1.807, 2.05) is 18.2 Å². The standard InChI is InChI=1S/C27H31NO2/c1-28(2)18-21-10-13-24-17-25(15-14-23(24)16-21)30-19-20-8-11-22(12-9-20)26-6-4-5-7-27(26)29-3/h4-9,11-12,14-15,17,21H,10,13,16,18-19H2,1-3H3. The van der Waals surface area contributed by atoms with Crippen molar-refractivity contribution < 1.29 is 9.47 Å². The van der Waals surface area contributed by atoms with Crippen LogP contribution in [0.5, 0.6) is 11.5 Å². The highest BCUT2D eigenvalue weighted by molar-refractivity contribution is 5.70. The molecule has 156 valence electrons. The molecular formula is C27H31NO2. The number of rotatable bonds is 7. The number of hydrogen-bond donors (Lipinski definition) is 0. The summed E-state index contributed by atoms with van der Waals surface area (Å²) in [6.45, 7) is 1.75. The van der Waals surface area contributed by atoms with Crippen LogP contribution in [0.25, 0.3) is 11.1 Å². The molecule has 3 aromatic carbocycles. The van der Waals surface area contributed by atoms with Crippen molar-refractivity contribution in [2.75, 3.05) is 27.7 Å². The summed E-state index contributed by atoms with van der Waals surface area (Å²) in [5.74, 6) is 2.62. The molecule has 4 rings (SSSR count). The first kappa shape index (κ1) is 20.5. The molecule has 1 aliphatic carbocycles. The van der Waals surface area contributed by atoms with Crippen LogP contribution < -0.4 is 9.47 Å². The summed E-state index contributed by atoms with van der Waals surface area (Å²) in [5.41, 5.74) is 6.36. The molecule has 0 fully saturated rings. The molecule has 1 unspecified atom stereocenters. The Labute approximate surface area is 180 Å². The first-order chi connectivity index (χ1) is 14.6. The Morgan fingerprint density at radius 2 is 1.73 bits per heavy atom. The smallest absolute Gasteiger partial charge is 0.126 e. The molecule has 3 nitrogen and oxygen atoms in total. The maximum absolute atomic E-state index is 6.11. The highest BCUT2D eigenvalue weighted by atomic mass is 16.5. The molecule has 0 saturated carbocycles. The van der Waals surface area contributed by atoms with Crippen LogP contribution in [0.1, 0.15) is 23.1 Å². The second-order valence-electron chi connectivity index (χ2n) is 8.49. The molecule has 1 atom stereocenters. The fourth-order valence-electron chi connectivity index (χ4n) is 4.40. The molecule has 3 heteroatoms. The second kappa shape index (κ2) is 9.36. The van der Waals surface area contributed by atoms with Crippen molar-refractivity contribution in [1.82, 2.24) is 4.90 Å². The van der Waals surface area contributed by atoms with Crippen LogP contribution in [0.2, 0.25) is 0 Å². The van der Waals surface area contributed by atoms with Crippen LogP contribution in [0.15, 0.2) is 66.7 Å². The van der Waals surface area contributed by atoms with Gasteiger partial charge in [0.1, 0.15) is 18.1 Å². The average Bonchev–Trinajstić information content (AvgIpc) is 2.77. The van der Waals surface area contributed by atoms with Crippen LogP contribution in [0, 0.1) is 5.92 Å². The molecule has 0 aromatic heterocycles. The predicted octanol–water partition coefficient (Wildman–Crippen LogP) is 5.61. The lowest BCUT2D eigenvalue weighted by Gasteiger charge is -2.27. The van der Waals surface area contributed by atoms with E-state index in [-0.39, 0.29) is 0 Å². The first-order valence-electron chi connectivity index (χ1n) is 10.7. The zero-order chi connectivity index (χ0) is 20.9. The van der Waals surface area contributed by atoms with Crippen molar-refractivity contribution in [3.8, 4) is 22.6 Å². The zero-order valence-electron chi connectivity index (χ0n) is 18.2. The quantitative estimate of drug-likeness (QED) is 0.514. The van der Waals surface area contributed by atoms with Crippen molar-refractivity contribution >= 4 is 0 Å². The molecule has 0 N–H and O–H groups in total. The SMILES string of the molecule is COc1ccccc1-c1ccc(COc2ccc3c(c2)CCC(CN(C)C)C3)cc1. The third-order valence-electron chi connectivity index (χ3n) is 5.91. The van der Waals surface area contributed by atoms with Gasteiger partial charge in [0.25, 0.3) is 0 Å². The molecule has 3 aromatic rings. The van der Waals surface area contributed by atoms with Crippen molar-refractivity contribution in [3.63, 3.8) is 0 Å². The summed E-state index contributed by atoms with van der Waals surface area (Å²) < 4.78 is 11.6. The molecule has 0 radical (unpaired) electrons. The van der Waals surface area contributed by atoms with Crippen LogP contribution in [0.3, 0.4) is 0 Å². The van der Waals surface area contributed by atoms with Crippen LogP contribution >= 0.6 is 0 Å². The van der Waals surface area contributed by atoms with Gasteiger partial charge in [-0.3, -0.25) is 0 Å². The zero-order valence-corrected chi connectivity index (χ0v) is 18.2. The molecule has 0 heterocycles. The Kier molecular flexibility index (Phi) is 6.39. The van der Waals surface area contributed by atoms with E-state index in [1.54, 1.807) is 7.11 Å². The Morgan fingerprint density at radius 1 is 0.933 bits per heavy atom. The largest absolute Gasteiger partial charge is 0.496 e. The van der Waals surface area contributed by atoms with E-state index in [2.05, 4.69) is 67.5 Å². The number of aryl methyl sites for hydroxylation is 1. The number of ether oxygens (including phenoxy) is 2. The van der Waals surface area contributed by atoms with E-state index in [4.69, 9.17) is 9.47 Å². The van der Waals surface area contributed by atoms with Gasteiger partial charge in [-0.1, -0.05) is 48.5 Å². The fourth-order valence-corrected chi connectivity index (χ4v) is 4.40. The maximum Gasteiger partial charge on any atom is 0.126 e. The molecule has 30 heavy (non-hydrogen) atoms. The molecule has 1 aliphatic rings. The van der Waals surface area contributed by atoms with Gasteiger partial charge >= 0.3 is 0 Å². The van der Waals surface area contributed by atoms with E-state index >= 15 is 0 Å². The molecular weight excluding hydrogens is 370 g/mol. The third kappa shape index (κ3) is 4.85. The van der Waals surface area contributed by atoms with Gasteiger partial charge in [-0.15, -0.1) is 0 Å². The number of methoxy groups -OCH3 is 1. The molecule has 0 bridgehead atoms. The first-order valence-corrected chi connectivity index (χ1v) is 10.7. The predicted molar refractivity (Wildman–Crippen MR) is 123 cm³/mol. The Balaban J connectivity index is 1.38. The van der Waals surface area contributed by atoms with Crippen molar-refractivity contribution in [3.05, 3.63) is 83.4 Å². The fraction of sp³-hybridized carbons (Fsp3) is 0.333. The van der Waals surface area contributed by atoms with Crippen molar-refractivity contribution in [2.24, 2.45) is 5.92 Å². The summed E-state index contributed by atoms with van der Waals surface area (Å²) in [6, 6.07) is 23.3. The summed E-state index contributed by atoms with van der Waals surface area (Å²) in [4.78, 5) is 2.30. The lowest BCUT2D eigenvalue weighted by atomic mass is 9.83. The lowest BCUT2D eigenvalue weighted by molar-refractivity contribution is 0.297. The molecule has 0 saturated heterocycles. The van der Waals surface area contributed by atoms with Gasteiger partial charge < -0.3 is 14.4 Å². The Morgan fingerprint density at radius 3 is 2.50 bits per heavy atom. The third-order valence-corrected chi connectivity index (χ3v) is 5.91. The normalized spacial score (nSPS) is 15.7. The summed E-state index contributed by atoms with van der Waals surface area (Å²) in [7, 11) is 6.03. The molecule has 0 spiro atoms. The van der Waals surface area contributed by atoms with E-state index in [9.17, 15) is 0 Å². The number of nitrogens with zero attached hydrogens (tertiary/aromatic N) is 1. The minimum atomic E-state index is 0.578. The number of fused-ring (bicyclic) bond motifs is 1. The van der Waals surface area contributed by atoms with Gasteiger partial charge in [-0.2, -0.15) is 0 Å². The topological polar surface area (TPSA) is 21.7 Å². The second-order valence-corrected chi connectivity index (χ2v) is 8.49. The van der Waals surface area contributed by atoms with E-state index in [1.165, 1.54) is 30.5 Å². The van der Waals surface area contributed by atoms with Gasteiger partial charge in [0.05, 0.1) is 7.11 Å². The Bertz CT molecular complexity index is 978. The van der Waals surface area contributed by atoms with Gasteiger partial charge in [-0.25, -0.2) is 0 Å². The lowest BCUT2D eigenvalue weighted by Crippen LogP contribution is -2.26. The van der Waals surface area contributed by atoms with Crippen LogP contribution in [0.4, 0.5) is 0 Å². The maximum atomic E-state index is 6.11. The van der Waals surface area contributed by atoms with Gasteiger partial charge in [0, 0.05) is 12.1 Å². The summed E-state index contributed by atoms with van der Waals surface area (Å²) >= 11 is 0. The average molecular weight is 402 g/mol. The minimum Gasteiger partial charge on any atom is -0.496 e. The van der Waals surface area contributed by atoms with E-state index in [0.29, 0.717) is 6.61 Å². The number of hydrogen-bond acceptors (Lipinski definition) is 3. The highest BCUT2D eigenvalue weighted by Crippen LogP contribution is 2.31. The van der Waals surface area contributed by atoms with E-state index in [0.717, 1.165) is 40.5 Å². The van der Waals surface area contributed by atoms with Gasteiger partial charge in [0.2, 0.25) is 0 Å². The number of benzene rings is 3. The Hall–Kier alpha value is -2.78. The minimum absolute atomic E-state index is 0.578. The van der Waals surface area contributed by atoms with Crippen LogP contribution in [-0.2, 0) is 19.4 Å². The molecule has 0 amide bonds. The monoisotopic (exact) mass is 401 g/mol.